The van der Waals surface area contributed by atoms with Crippen molar-refractivity contribution in [2.75, 3.05) is 0 Å². The fourth-order valence-corrected chi connectivity index (χ4v) is 3.97. The first-order valence-corrected chi connectivity index (χ1v) is 3.44. The average Bonchev–Trinajstić information content (AvgIpc) is 2.30. The smallest absolute Gasteiger partial charge is 0.0195 e. The summed E-state index contributed by atoms with van der Waals surface area (Å²) in [6.45, 7) is 0. The van der Waals surface area contributed by atoms with Gasteiger partial charge in [-0.25, -0.2) is 0 Å². The summed E-state index contributed by atoms with van der Waals surface area (Å²) in [7, 11) is 0. The topological polar surface area (TPSA) is 0 Å². The lowest BCUT2D eigenvalue weighted by atomic mass is 9.84. The lowest BCUT2D eigenvalue weighted by molar-refractivity contribution is 0.272. The molecular weight excluding hydrogens is 84.1 g/mol. The van der Waals surface area contributed by atoms with Gasteiger partial charge in [0.15, 0.2) is 0 Å². The minimum Gasteiger partial charge on any atom is -0.0464 e. The lowest BCUT2D eigenvalue weighted by Gasteiger charge is -2.21. The largest absolute Gasteiger partial charge is 0.0464 e. The van der Waals surface area contributed by atoms with Crippen molar-refractivity contribution in [3.8, 4) is 0 Å². The Labute approximate surface area is 42.9 Å². The molecule has 6 rings (SSSR count). The van der Waals surface area contributed by atoms with Crippen molar-refractivity contribution >= 4 is 0 Å². The van der Waals surface area contributed by atoms with Crippen molar-refractivity contribution in [1.29, 1.82) is 0 Å². The summed E-state index contributed by atoms with van der Waals surface area (Å²) in [6, 6.07) is 0. The molecule has 0 amide bonds. The van der Waals surface area contributed by atoms with Crippen LogP contribution in [0.4, 0.5) is 0 Å². The van der Waals surface area contributed by atoms with Crippen molar-refractivity contribution in [2.45, 2.75) is 12.8 Å². The summed E-state index contributed by atoms with van der Waals surface area (Å²) in [5, 5.41) is 0. The second-order valence-corrected chi connectivity index (χ2v) is 3.97. The van der Waals surface area contributed by atoms with E-state index in [1.54, 1.807) is 12.8 Å². The lowest BCUT2D eigenvalue weighted by Crippen LogP contribution is -2.15. The van der Waals surface area contributed by atoms with Crippen LogP contribution in [0.1, 0.15) is 12.8 Å². The standard InChI is InChI=1S/C7H8/c1-3-2-7-4(1)6(7)5(3)7/h3-6H,1-2H2. The Morgan fingerprint density at radius 2 is 2.29 bits per heavy atom. The van der Waals surface area contributed by atoms with E-state index in [-0.39, 0.29) is 0 Å². The van der Waals surface area contributed by atoms with Crippen LogP contribution in [-0.4, -0.2) is 0 Å². The van der Waals surface area contributed by atoms with Gasteiger partial charge in [0.25, 0.3) is 0 Å². The van der Waals surface area contributed by atoms with Gasteiger partial charge in [-0.05, 0) is 41.9 Å². The Hall–Kier alpha value is 0. The average molecular weight is 92.1 g/mol. The van der Waals surface area contributed by atoms with Gasteiger partial charge in [-0.3, -0.25) is 0 Å². The van der Waals surface area contributed by atoms with E-state index in [0.717, 1.165) is 5.41 Å². The second-order valence-electron chi connectivity index (χ2n) is 3.97. The van der Waals surface area contributed by atoms with E-state index in [1.165, 1.54) is 23.7 Å². The molecule has 0 aromatic rings. The molecular formula is C7H8. The van der Waals surface area contributed by atoms with Gasteiger partial charge in [0.2, 0.25) is 0 Å². The molecule has 36 valence electrons. The normalized spacial score (nSPS) is 96.0. The zero-order valence-corrected chi connectivity index (χ0v) is 4.22. The van der Waals surface area contributed by atoms with Gasteiger partial charge < -0.3 is 0 Å². The molecule has 0 aromatic carbocycles. The van der Waals surface area contributed by atoms with Crippen molar-refractivity contribution in [3.05, 3.63) is 0 Å². The molecule has 0 nitrogen and oxygen atoms in total. The maximum Gasteiger partial charge on any atom is -0.0195 e. The highest BCUT2D eigenvalue weighted by molar-refractivity contribution is 5.45. The molecule has 5 unspecified atom stereocenters. The monoisotopic (exact) mass is 92.1 g/mol. The van der Waals surface area contributed by atoms with Crippen molar-refractivity contribution in [1.82, 2.24) is 0 Å². The maximum atomic E-state index is 1.66. The zero-order valence-electron chi connectivity index (χ0n) is 4.22. The summed E-state index contributed by atoms with van der Waals surface area (Å²) < 4.78 is 0. The number of hydrogen-bond acceptors (Lipinski definition) is 0. The van der Waals surface area contributed by atoms with Crippen LogP contribution >= 0.6 is 0 Å². The highest BCUT2D eigenvalue weighted by Crippen LogP contribution is 3.02. The third kappa shape index (κ3) is 0.0784. The second kappa shape index (κ2) is 0.375. The molecule has 4 bridgehead atoms. The molecule has 0 heteroatoms. The highest BCUT2D eigenvalue weighted by Gasteiger charge is 2.97. The molecule has 0 heterocycles. The van der Waals surface area contributed by atoms with E-state index in [9.17, 15) is 0 Å². The molecule has 5 atom stereocenters. The summed E-state index contributed by atoms with van der Waals surface area (Å²) in [4.78, 5) is 0. The van der Waals surface area contributed by atoms with E-state index in [1.807, 2.05) is 0 Å². The highest BCUT2D eigenvalue weighted by atomic mass is 15.0. The predicted molar refractivity (Wildman–Crippen MR) is 25.6 cm³/mol. The first-order chi connectivity index (χ1) is 3.44. The van der Waals surface area contributed by atoms with Crippen LogP contribution in [0, 0.1) is 29.1 Å². The van der Waals surface area contributed by atoms with E-state index >= 15 is 0 Å². The fourth-order valence-electron chi connectivity index (χ4n) is 3.97. The predicted octanol–water partition coefficient (Wildman–Crippen LogP) is 1.27. The molecule has 6 saturated carbocycles. The van der Waals surface area contributed by atoms with Crippen LogP contribution in [0.25, 0.3) is 0 Å². The van der Waals surface area contributed by atoms with Crippen LogP contribution in [0.15, 0.2) is 0 Å². The van der Waals surface area contributed by atoms with Crippen molar-refractivity contribution in [3.63, 3.8) is 0 Å². The molecule has 0 radical (unpaired) electrons. The van der Waals surface area contributed by atoms with Crippen LogP contribution in [0.5, 0.6) is 0 Å². The van der Waals surface area contributed by atoms with Gasteiger partial charge in [0.1, 0.15) is 0 Å². The number of rotatable bonds is 0. The summed E-state index contributed by atoms with van der Waals surface area (Å²) in [5.74, 6) is 5.19. The SMILES string of the molecule is C1C2CC34C1C3C24. The molecule has 0 N–H and O–H groups in total. The molecule has 1 spiro atoms. The quantitative estimate of drug-likeness (QED) is 0.422. The molecule has 6 fully saturated rings. The Morgan fingerprint density at radius 1 is 1.29 bits per heavy atom. The van der Waals surface area contributed by atoms with Gasteiger partial charge in [-0.1, -0.05) is 0 Å². The van der Waals surface area contributed by atoms with Crippen LogP contribution < -0.4 is 0 Å². The van der Waals surface area contributed by atoms with Gasteiger partial charge >= 0.3 is 0 Å². The van der Waals surface area contributed by atoms with Crippen LogP contribution in [0.3, 0.4) is 0 Å². The van der Waals surface area contributed by atoms with Crippen molar-refractivity contribution < 1.29 is 0 Å². The molecule has 6 aliphatic carbocycles. The van der Waals surface area contributed by atoms with Gasteiger partial charge in [-0.2, -0.15) is 0 Å². The summed E-state index contributed by atoms with van der Waals surface area (Å²) in [5.41, 5.74) is 1.09. The minimum absolute atomic E-state index is 1.09. The van der Waals surface area contributed by atoms with Gasteiger partial charge in [0.05, 0.1) is 0 Å². The Morgan fingerprint density at radius 3 is 2.43 bits per heavy atom. The Kier molecular flexibility index (Phi) is 0.135. The Balaban J connectivity index is 2.23. The van der Waals surface area contributed by atoms with E-state index in [4.69, 9.17) is 0 Å². The molecule has 0 aromatic heterocycles. The van der Waals surface area contributed by atoms with Crippen LogP contribution in [0.2, 0.25) is 0 Å². The fraction of sp³-hybridized carbons (Fsp3) is 1.00. The number of hydrogen-bond donors (Lipinski definition) is 0. The summed E-state index contributed by atoms with van der Waals surface area (Å²) >= 11 is 0. The minimum atomic E-state index is 1.09. The van der Waals surface area contributed by atoms with Gasteiger partial charge in [-0.15, -0.1) is 0 Å². The third-order valence-electron chi connectivity index (χ3n) is 4.21. The first-order valence-electron chi connectivity index (χ1n) is 3.44. The molecule has 7 heavy (non-hydrogen) atoms. The van der Waals surface area contributed by atoms with Crippen LogP contribution in [-0.2, 0) is 0 Å². The summed E-state index contributed by atoms with van der Waals surface area (Å²) in [6.07, 6.45) is 3.31. The first kappa shape index (κ1) is 2.52. The van der Waals surface area contributed by atoms with Crippen molar-refractivity contribution in [2.24, 2.45) is 29.1 Å². The van der Waals surface area contributed by atoms with E-state index < -0.39 is 0 Å². The van der Waals surface area contributed by atoms with E-state index in [2.05, 4.69) is 0 Å². The van der Waals surface area contributed by atoms with Gasteiger partial charge in [0, 0.05) is 0 Å². The molecule has 6 aliphatic rings. The zero-order chi connectivity index (χ0) is 4.22. The third-order valence-corrected chi connectivity index (χ3v) is 4.21. The Bertz CT molecular complexity index is 145. The molecule has 0 saturated heterocycles. The van der Waals surface area contributed by atoms with E-state index in [0.29, 0.717) is 0 Å². The maximum absolute atomic E-state index is 1.66. The molecule has 0 aliphatic heterocycles.